The van der Waals surface area contributed by atoms with Crippen molar-refractivity contribution < 1.29 is 9.53 Å². The molecule has 0 saturated carbocycles. The zero-order chi connectivity index (χ0) is 24.2. The summed E-state index contributed by atoms with van der Waals surface area (Å²) in [5.74, 6) is 1.06. The molecule has 1 amide bonds. The van der Waals surface area contributed by atoms with Gasteiger partial charge < -0.3 is 15.4 Å². The highest BCUT2D eigenvalue weighted by atomic mass is 16.5. The van der Waals surface area contributed by atoms with E-state index in [-0.39, 0.29) is 5.91 Å². The van der Waals surface area contributed by atoms with Crippen molar-refractivity contribution in [3.8, 4) is 28.0 Å². The molecule has 0 spiro atoms. The van der Waals surface area contributed by atoms with E-state index in [0.29, 0.717) is 23.2 Å². The molecule has 0 unspecified atom stereocenters. The number of amides is 1. The van der Waals surface area contributed by atoms with Gasteiger partial charge in [-0.3, -0.25) is 14.7 Å². The van der Waals surface area contributed by atoms with E-state index in [1.54, 1.807) is 19.4 Å². The van der Waals surface area contributed by atoms with Gasteiger partial charge in [-0.1, -0.05) is 13.0 Å². The maximum Gasteiger partial charge on any atom is 0.257 e. The van der Waals surface area contributed by atoms with Crippen molar-refractivity contribution in [1.29, 1.82) is 0 Å². The first-order valence-corrected chi connectivity index (χ1v) is 11.8. The van der Waals surface area contributed by atoms with Crippen LogP contribution in [0.4, 0.5) is 5.82 Å². The quantitative estimate of drug-likeness (QED) is 0.597. The van der Waals surface area contributed by atoms with Crippen molar-refractivity contribution in [2.45, 2.75) is 33.2 Å². The Hall–Kier alpha value is -3.45. The number of anilines is 1. The molecule has 2 aromatic heterocycles. The van der Waals surface area contributed by atoms with Crippen molar-refractivity contribution in [1.82, 2.24) is 19.8 Å². The summed E-state index contributed by atoms with van der Waals surface area (Å²) in [5.41, 5.74) is 11.3. The highest BCUT2D eigenvalue weighted by Crippen LogP contribution is 2.36. The molecule has 3 aromatic rings. The predicted octanol–water partition coefficient (Wildman–Crippen LogP) is 4.13. The van der Waals surface area contributed by atoms with Crippen LogP contribution in [-0.2, 0) is 6.42 Å². The smallest absolute Gasteiger partial charge is 0.257 e. The van der Waals surface area contributed by atoms with Crippen LogP contribution in [0.5, 0.6) is 5.75 Å². The zero-order valence-corrected chi connectivity index (χ0v) is 20.4. The average Bonchev–Trinajstić information content (AvgIpc) is 2.88. The van der Waals surface area contributed by atoms with Gasteiger partial charge in [0.05, 0.1) is 12.7 Å². The molecular weight excluding hydrogens is 426 g/mol. The van der Waals surface area contributed by atoms with Crippen LogP contribution in [-0.4, -0.2) is 65.0 Å². The van der Waals surface area contributed by atoms with Gasteiger partial charge in [-0.25, -0.2) is 4.98 Å². The number of carbonyl (C=O) groups is 1. The van der Waals surface area contributed by atoms with Gasteiger partial charge in [0.15, 0.2) is 0 Å². The van der Waals surface area contributed by atoms with Crippen molar-refractivity contribution in [2.24, 2.45) is 0 Å². The Morgan fingerprint density at radius 2 is 1.79 bits per heavy atom. The van der Waals surface area contributed by atoms with Gasteiger partial charge in [0.25, 0.3) is 5.91 Å². The summed E-state index contributed by atoms with van der Waals surface area (Å²) in [6.45, 7) is 9.69. The minimum atomic E-state index is 0.0127. The topological polar surface area (TPSA) is 84.6 Å². The highest BCUT2D eigenvalue weighted by Gasteiger charge is 2.26. The summed E-state index contributed by atoms with van der Waals surface area (Å²) in [4.78, 5) is 26.5. The van der Waals surface area contributed by atoms with Gasteiger partial charge in [-0.2, -0.15) is 0 Å². The van der Waals surface area contributed by atoms with E-state index in [1.165, 1.54) is 0 Å². The molecule has 7 nitrogen and oxygen atoms in total. The molecule has 1 saturated heterocycles. The Morgan fingerprint density at radius 3 is 2.41 bits per heavy atom. The minimum Gasteiger partial charge on any atom is -0.496 e. The fourth-order valence-electron chi connectivity index (χ4n) is 4.54. The largest absolute Gasteiger partial charge is 0.496 e. The summed E-state index contributed by atoms with van der Waals surface area (Å²) in [7, 11) is 1.61. The van der Waals surface area contributed by atoms with Crippen molar-refractivity contribution in [3.05, 3.63) is 60.0 Å². The Kier molecular flexibility index (Phi) is 7.12. The van der Waals surface area contributed by atoms with Crippen LogP contribution in [0.15, 0.2) is 48.8 Å². The number of piperazine rings is 1. The molecule has 0 bridgehead atoms. The maximum absolute atomic E-state index is 13.3. The van der Waals surface area contributed by atoms with Gasteiger partial charge in [-0.15, -0.1) is 0 Å². The van der Waals surface area contributed by atoms with E-state index in [1.807, 2.05) is 41.4 Å². The minimum absolute atomic E-state index is 0.0127. The molecule has 2 N–H and O–H groups in total. The average molecular weight is 460 g/mol. The summed E-state index contributed by atoms with van der Waals surface area (Å²) in [5, 5.41) is 0. The summed E-state index contributed by atoms with van der Waals surface area (Å²) < 4.78 is 5.69. The van der Waals surface area contributed by atoms with E-state index in [9.17, 15) is 4.79 Å². The van der Waals surface area contributed by atoms with Crippen LogP contribution in [0, 0.1) is 0 Å². The monoisotopic (exact) mass is 459 g/mol. The van der Waals surface area contributed by atoms with Crippen LogP contribution in [0.3, 0.4) is 0 Å². The fraction of sp³-hybridized carbons (Fsp3) is 0.370. The first-order chi connectivity index (χ1) is 16.4. The van der Waals surface area contributed by atoms with Gasteiger partial charge in [0.2, 0.25) is 0 Å². The molecule has 1 aliphatic heterocycles. The lowest BCUT2D eigenvalue weighted by Gasteiger charge is -2.37. The number of ether oxygens (including phenoxy) is 1. The van der Waals surface area contributed by atoms with Crippen LogP contribution in [0.25, 0.3) is 22.3 Å². The second-order valence-corrected chi connectivity index (χ2v) is 8.84. The Balaban J connectivity index is 1.69. The molecule has 0 aliphatic carbocycles. The lowest BCUT2D eigenvalue weighted by atomic mass is 9.92. The van der Waals surface area contributed by atoms with Crippen LogP contribution in [0.2, 0.25) is 0 Å². The fourth-order valence-corrected chi connectivity index (χ4v) is 4.54. The first-order valence-electron chi connectivity index (χ1n) is 11.8. The summed E-state index contributed by atoms with van der Waals surface area (Å²) in [6, 6.07) is 12.1. The van der Waals surface area contributed by atoms with E-state index in [0.717, 1.165) is 60.5 Å². The second kappa shape index (κ2) is 10.2. The molecule has 1 fully saturated rings. The number of nitrogens with zero attached hydrogens (tertiary/aromatic N) is 4. The molecule has 0 radical (unpaired) electrons. The molecule has 4 rings (SSSR count). The molecular formula is C27H33N5O2. The number of hydrogen-bond acceptors (Lipinski definition) is 6. The Bertz CT molecular complexity index is 1150. The number of hydrogen-bond donors (Lipinski definition) is 1. The van der Waals surface area contributed by atoms with Crippen molar-refractivity contribution in [2.75, 3.05) is 39.0 Å². The Labute approximate surface area is 201 Å². The van der Waals surface area contributed by atoms with Crippen LogP contribution < -0.4 is 10.5 Å². The zero-order valence-electron chi connectivity index (χ0n) is 20.4. The molecule has 1 aliphatic rings. The van der Waals surface area contributed by atoms with Gasteiger partial charge >= 0.3 is 0 Å². The van der Waals surface area contributed by atoms with Crippen LogP contribution >= 0.6 is 0 Å². The number of aromatic nitrogens is 2. The van der Waals surface area contributed by atoms with Gasteiger partial charge in [0.1, 0.15) is 11.6 Å². The van der Waals surface area contributed by atoms with Crippen molar-refractivity contribution >= 4 is 11.7 Å². The number of nitrogen functional groups attached to an aromatic ring is 1. The molecule has 178 valence electrons. The third kappa shape index (κ3) is 4.75. The number of benzene rings is 1. The Morgan fingerprint density at radius 1 is 1.06 bits per heavy atom. The lowest BCUT2D eigenvalue weighted by molar-refractivity contribution is 0.0592. The third-order valence-electron chi connectivity index (χ3n) is 6.51. The molecule has 7 heteroatoms. The number of aryl methyl sites for hydroxylation is 1. The third-order valence-corrected chi connectivity index (χ3v) is 6.51. The predicted molar refractivity (Wildman–Crippen MR) is 136 cm³/mol. The first kappa shape index (κ1) is 23.7. The van der Waals surface area contributed by atoms with E-state index in [2.05, 4.69) is 35.6 Å². The molecule has 3 heterocycles. The SMILES string of the molecule is CCc1nccc(-c2ccc(C(=O)N3CCN(C(C)C)CC3)c(OC)c2)c1-c1ccc(N)nc1. The summed E-state index contributed by atoms with van der Waals surface area (Å²) >= 11 is 0. The molecule has 34 heavy (non-hydrogen) atoms. The lowest BCUT2D eigenvalue weighted by Crippen LogP contribution is -2.50. The second-order valence-electron chi connectivity index (χ2n) is 8.84. The van der Waals surface area contributed by atoms with Crippen molar-refractivity contribution in [3.63, 3.8) is 0 Å². The maximum atomic E-state index is 13.3. The highest BCUT2D eigenvalue weighted by molar-refractivity contribution is 5.98. The number of pyridine rings is 2. The van der Waals surface area contributed by atoms with E-state index >= 15 is 0 Å². The van der Waals surface area contributed by atoms with Crippen LogP contribution in [0.1, 0.15) is 36.8 Å². The number of nitrogens with two attached hydrogens (primary N) is 1. The van der Waals surface area contributed by atoms with Gasteiger partial charge in [0, 0.05) is 61.4 Å². The van der Waals surface area contributed by atoms with E-state index < -0.39 is 0 Å². The molecule has 0 atom stereocenters. The number of rotatable bonds is 6. The summed E-state index contributed by atoms with van der Waals surface area (Å²) in [6.07, 6.45) is 4.38. The van der Waals surface area contributed by atoms with E-state index in [4.69, 9.17) is 10.5 Å². The molecule has 1 aromatic carbocycles. The standard InChI is InChI=1S/C27H33N5O2/c1-5-23-26(20-7-9-25(28)30-17-20)21(10-11-29-23)19-6-8-22(24(16-19)34-4)27(33)32-14-12-31(13-15-32)18(2)3/h6-11,16-18H,5,12-15H2,1-4H3,(H2,28,30). The number of carbonyl (C=O) groups excluding carboxylic acids is 1. The number of methoxy groups -OCH3 is 1. The van der Waals surface area contributed by atoms with Gasteiger partial charge in [-0.05, 0) is 61.7 Å². The normalized spacial score (nSPS) is 14.4.